The van der Waals surface area contributed by atoms with Crippen molar-refractivity contribution in [1.82, 2.24) is 0 Å². The Bertz CT molecular complexity index is 376. The maximum atomic E-state index is 2.22. The quantitative estimate of drug-likeness (QED) is 0.429. The average Bonchev–Trinajstić information content (AvgIpc) is 2.41. The van der Waals surface area contributed by atoms with E-state index >= 15 is 0 Å². The van der Waals surface area contributed by atoms with E-state index in [0.29, 0.717) is 0 Å². The van der Waals surface area contributed by atoms with Gasteiger partial charge in [0.25, 0.3) is 0 Å². The van der Waals surface area contributed by atoms with Crippen molar-refractivity contribution >= 4 is 9.52 Å². The van der Waals surface area contributed by atoms with E-state index in [1.807, 2.05) is 0 Å². The maximum Gasteiger partial charge on any atom is 0.0384 e. The lowest BCUT2D eigenvalue weighted by Crippen LogP contribution is -3.00. The van der Waals surface area contributed by atoms with E-state index < -0.39 is 0 Å². The maximum absolute atomic E-state index is 2.22. The van der Waals surface area contributed by atoms with Gasteiger partial charge in [-0.15, -0.1) is 0 Å². The van der Waals surface area contributed by atoms with Gasteiger partial charge in [0.05, 0.1) is 0 Å². The standard InChI is InChI=1S/C16H18Si.2ClH/c1-3-7-15(8-4-1)11-13-17-14-12-16-9-5-2-6-10-16;;/h1-10H,11-14H2;2*1H/p-2. The molecule has 0 nitrogen and oxygen atoms in total. The van der Waals surface area contributed by atoms with Crippen LogP contribution in [0, 0.1) is 0 Å². The summed E-state index contributed by atoms with van der Waals surface area (Å²) in [4.78, 5) is 0. The predicted molar refractivity (Wildman–Crippen MR) is 75.7 cm³/mol. The smallest absolute Gasteiger partial charge is 0.0384 e. The number of rotatable bonds is 6. The summed E-state index contributed by atoms with van der Waals surface area (Å²) in [5, 5.41) is 0. The van der Waals surface area contributed by atoms with E-state index in [-0.39, 0.29) is 24.8 Å². The second-order valence-corrected chi connectivity index (χ2v) is 5.72. The molecule has 0 fully saturated rings. The zero-order valence-corrected chi connectivity index (χ0v) is 13.4. The van der Waals surface area contributed by atoms with Crippen molar-refractivity contribution in [2.75, 3.05) is 0 Å². The molecular weight excluding hydrogens is 291 g/mol. The van der Waals surface area contributed by atoms with Crippen LogP contribution in [0.25, 0.3) is 0 Å². The van der Waals surface area contributed by atoms with Crippen LogP contribution in [0.3, 0.4) is 0 Å². The average molecular weight is 309 g/mol. The lowest BCUT2D eigenvalue weighted by molar-refractivity contribution is -0.001000. The van der Waals surface area contributed by atoms with Crippen molar-refractivity contribution in [3.8, 4) is 0 Å². The van der Waals surface area contributed by atoms with Crippen LogP contribution >= 0.6 is 0 Å². The Kier molecular flexibility index (Phi) is 10.7. The van der Waals surface area contributed by atoms with Gasteiger partial charge in [0.2, 0.25) is 0 Å². The highest BCUT2D eigenvalue weighted by Crippen LogP contribution is 2.06. The topological polar surface area (TPSA) is 0 Å². The molecule has 0 aliphatic carbocycles. The van der Waals surface area contributed by atoms with Crippen LogP contribution in [0.15, 0.2) is 60.7 Å². The highest BCUT2D eigenvalue weighted by Gasteiger charge is 1.95. The molecule has 0 spiro atoms. The lowest BCUT2D eigenvalue weighted by Gasteiger charge is -2.01. The van der Waals surface area contributed by atoms with Crippen molar-refractivity contribution in [2.45, 2.75) is 24.9 Å². The third kappa shape index (κ3) is 7.41. The van der Waals surface area contributed by atoms with Crippen LogP contribution in [-0.4, -0.2) is 9.52 Å². The molecule has 0 aromatic heterocycles. The molecule has 2 radical (unpaired) electrons. The molecule has 2 rings (SSSR count). The summed E-state index contributed by atoms with van der Waals surface area (Å²) in [6, 6.07) is 24.2. The summed E-state index contributed by atoms with van der Waals surface area (Å²) in [5.74, 6) is 0. The van der Waals surface area contributed by atoms with Gasteiger partial charge in [-0.1, -0.05) is 72.8 Å². The van der Waals surface area contributed by atoms with Crippen LogP contribution in [0.1, 0.15) is 11.1 Å². The Balaban J connectivity index is 0.00000162. The fourth-order valence-corrected chi connectivity index (χ4v) is 3.06. The van der Waals surface area contributed by atoms with Crippen molar-refractivity contribution in [2.24, 2.45) is 0 Å². The zero-order valence-electron chi connectivity index (χ0n) is 10.9. The van der Waals surface area contributed by atoms with Gasteiger partial charge in [0.15, 0.2) is 0 Å². The van der Waals surface area contributed by atoms with Crippen LogP contribution in [0.2, 0.25) is 12.1 Å². The molecule has 0 saturated carbocycles. The number of hydrogen-bond donors (Lipinski definition) is 0. The molecule has 0 N–H and O–H groups in total. The molecule has 0 heterocycles. The Labute approximate surface area is 131 Å². The van der Waals surface area contributed by atoms with E-state index in [4.69, 9.17) is 0 Å². The SMILES string of the molecule is [Cl-].[Cl-].c1ccc(CC[Si]CCc2ccccc2)cc1. The molecule has 3 heteroatoms. The largest absolute Gasteiger partial charge is 1.00 e. The highest BCUT2D eigenvalue weighted by molar-refractivity contribution is 6.35. The van der Waals surface area contributed by atoms with E-state index in [9.17, 15) is 0 Å². The number of aryl methyl sites for hydroxylation is 2. The predicted octanol–water partition coefficient (Wildman–Crippen LogP) is -1.98. The number of halogens is 2. The molecule has 0 amide bonds. The lowest BCUT2D eigenvalue weighted by atomic mass is 10.2. The van der Waals surface area contributed by atoms with E-state index in [2.05, 4.69) is 60.7 Å². The second kappa shape index (κ2) is 11.1. The van der Waals surface area contributed by atoms with Gasteiger partial charge in [-0.25, -0.2) is 0 Å². The molecule has 19 heavy (non-hydrogen) atoms. The normalized spacial score (nSPS) is 9.26. The van der Waals surface area contributed by atoms with Gasteiger partial charge in [-0.3, -0.25) is 0 Å². The van der Waals surface area contributed by atoms with E-state index in [1.54, 1.807) is 0 Å². The summed E-state index contributed by atoms with van der Waals surface area (Å²) in [6.45, 7) is 0. The molecule has 2 aromatic carbocycles. The van der Waals surface area contributed by atoms with Crippen molar-refractivity contribution < 1.29 is 24.8 Å². The minimum Gasteiger partial charge on any atom is -1.00 e. The van der Waals surface area contributed by atoms with Gasteiger partial charge >= 0.3 is 0 Å². The first-order valence-corrected chi connectivity index (χ1v) is 7.65. The Morgan fingerprint density at radius 3 is 1.32 bits per heavy atom. The van der Waals surface area contributed by atoms with Gasteiger partial charge < -0.3 is 24.8 Å². The van der Waals surface area contributed by atoms with E-state index in [0.717, 1.165) is 9.52 Å². The zero-order chi connectivity index (χ0) is 11.8. The molecule has 2 aromatic rings. The summed E-state index contributed by atoms with van der Waals surface area (Å²) in [6.07, 6.45) is 2.46. The molecule has 0 unspecified atom stereocenters. The Morgan fingerprint density at radius 1 is 0.579 bits per heavy atom. The summed E-state index contributed by atoms with van der Waals surface area (Å²) >= 11 is 0. The van der Waals surface area contributed by atoms with Crippen molar-refractivity contribution in [1.29, 1.82) is 0 Å². The Morgan fingerprint density at radius 2 is 0.947 bits per heavy atom. The van der Waals surface area contributed by atoms with Crippen LogP contribution in [0.5, 0.6) is 0 Å². The third-order valence-electron chi connectivity index (χ3n) is 2.87. The fraction of sp³-hybridized carbons (Fsp3) is 0.250. The summed E-state index contributed by atoms with van der Waals surface area (Å²) < 4.78 is 0. The first-order chi connectivity index (χ1) is 8.45. The monoisotopic (exact) mass is 308 g/mol. The minimum atomic E-state index is 0. The fourth-order valence-electron chi connectivity index (χ4n) is 1.88. The third-order valence-corrected chi connectivity index (χ3v) is 4.07. The first kappa shape index (κ1) is 18.2. The highest BCUT2D eigenvalue weighted by atomic mass is 35.5. The minimum absolute atomic E-state index is 0. The van der Waals surface area contributed by atoms with Gasteiger partial charge in [-0.05, 0) is 24.0 Å². The summed E-state index contributed by atoms with van der Waals surface area (Å²) in [7, 11) is 1.08. The number of benzene rings is 2. The molecule has 0 bridgehead atoms. The first-order valence-electron chi connectivity index (χ1n) is 6.24. The van der Waals surface area contributed by atoms with Crippen molar-refractivity contribution in [3.05, 3.63) is 71.8 Å². The Hall–Kier alpha value is -0.763. The van der Waals surface area contributed by atoms with Crippen LogP contribution < -0.4 is 24.8 Å². The van der Waals surface area contributed by atoms with Crippen LogP contribution in [0.4, 0.5) is 0 Å². The molecule has 0 aliphatic rings. The second-order valence-electron chi connectivity index (χ2n) is 4.22. The summed E-state index contributed by atoms with van der Waals surface area (Å²) in [5.41, 5.74) is 2.94. The molecule has 0 aliphatic heterocycles. The molecular formula is C16H18Cl2Si-2. The molecule has 102 valence electrons. The van der Waals surface area contributed by atoms with Gasteiger partial charge in [0, 0.05) is 9.52 Å². The van der Waals surface area contributed by atoms with E-state index in [1.165, 1.54) is 36.1 Å². The number of hydrogen-bond acceptors (Lipinski definition) is 0. The molecule has 0 saturated heterocycles. The molecule has 0 atom stereocenters. The van der Waals surface area contributed by atoms with Crippen molar-refractivity contribution in [3.63, 3.8) is 0 Å². The van der Waals surface area contributed by atoms with Gasteiger partial charge in [0.1, 0.15) is 0 Å². The van der Waals surface area contributed by atoms with Gasteiger partial charge in [-0.2, -0.15) is 0 Å². The van der Waals surface area contributed by atoms with Crippen LogP contribution in [-0.2, 0) is 12.8 Å².